The largest absolute Gasteiger partial charge is 0.494 e. The van der Waals surface area contributed by atoms with Crippen LogP contribution in [-0.2, 0) is 0 Å². The minimum Gasteiger partial charge on any atom is -0.494 e. The number of anilines is 1. The molecule has 124 valence electrons. The Kier molecular flexibility index (Phi) is 7.59. The van der Waals surface area contributed by atoms with Crippen LogP contribution < -0.4 is 10.1 Å². The van der Waals surface area contributed by atoms with E-state index >= 15 is 0 Å². The number of nitrogens with zero attached hydrogens (tertiary/aromatic N) is 1. The lowest BCUT2D eigenvalue weighted by Crippen LogP contribution is -2.38. The van der Waals surface area contributed by atoms with Crippen LogP contribution in [0.1, 0.15) is 26.2 Å². The molecule has 0 saturated heterocycles. The van der Waals surface area contributed by atoms with Gasteiger partial charge in [0.1, 0.15) is 0 Å². The molecule has 0 atom stereocenters. The number of hydrogen-bond acceptors (Lipinski definition) is 3. The highest BCUT2D eigenvalue weighted by Crippen LogP contribution is 2.24. The fourth-order valence-electron chi connectivity index (χ4n) is 1.96. The summed E-state index contributed by atoms with van der Waals surface area (Å²) in [6, 6.07) is 1.17. The van der Waals surface area contributed by atoms with Gasteiger partial charge in [-0.3, -0.25) is 0 Å². The number of rotatable bonds is 8. The van der Waals surface area contributed by atoms with E-state index in [1.165, 1.54) is 12.0 Å². The zero-order valence-corrected chi connectivity index (χ0v) is 12.9. The van der Waals surface area contributed by atoms with Gasteiger partial charge in [-0.25, -0.2) is 13.6 Å². The van der Waals surface area contributed by atoms with Crippen molar-refractivity contribution in [3.05, 3.63) is 23.8 Å². The number of aliphatic hydroxyl groups excluding tert-OH is 1. The van der Waals surface area contributed by atoms with Crippen LogP contribution in [0, 0.1) is 11.6 Å². The summed E-state index contributed by atoms with van der Waals surface area (Å²) in [5.74, 6) is -1.78. The van der Waals surface area contributed by atoms with Gasteiger partial charge in [-0.2, -0.15) is 0 Å². The molecule has 1 rings (SSSR count). The van der Waals surface area contributed by atoms with Gasteiger partial charge in [0.05, 0.1) is 19.4 Å². The van der Waals surface area contributed by atoms with Gasteiger partial charge in [0.15, 0.2) is 17.4 Å². The number of benzene rings is 1. The zero-order chi connectivity index (χ0) is 16.5. The van der Waals surface area contributed by atoms with E-state index in [2.05, 4.69) is 10.1 Å². The van der Waals surface area contributed by atoms with E-state index in [4.69, 9.17) is 5.11 Å². The number of hydrogen-bond donors (Lipinski definition) is 2. The molecule has 1 aromatic rings. The third-order valence-corrected chi connectivity index (χ3v) is 3.17. The Morgan fingerprint density at radius 1 is 1.27 bits per heavy atom. The van der Waals surface area contributed by atoms with Crippen LogP contribution in [0.4, 0.5) is 19.3 Å². The van der Waals surface area contributed by atoms with E-state index in [9.17, 15) is 13.6 Å². The fourth-order valence-corrected chi connectivity index (χ4v) is 1.96. The maximum Gasteiger partial charge on any atom is 0.322 e. The highest BCUT2D eigenvalue weighted by Gasteiger charge is 2.17. The van der Waals surface area contributed by atoms with Crippen LogP contribution in [0.15, 0.2) is 12.1 Å². The lowest BCUT2D eigenvalue weighted by atomic mass is 10.2. The monoisotopic (exact) mass is 316 g/mol. The Bertz CT molecular complexity index is 498. The number of halogens is 2. The average Bonchev–Trinajstić information content (AvgIpc) is 2.49. The van der Waals surface area contributed by atoms with Gasteiger partial charge in [0.25, 0.3) is 0 Å². The van der Waals surface area contributed by atoms with Crippen molar-refractivity contribution in [3.63, 3.8) is 0 Å². The maximum atomic E-state index is 13.8. The van der Waals surface area contributed by atoms with Crippen LogP contribution in [-0.4, -0.2) is 42.8 Å². The van der Waals surface area contributed by atoms with Crippen molar-refractivity contribution < 1.29 is 23.4 Å². The zero-order valence-electron chi connectivity index (χ0n) is 12.9. The molecule has 1 aromatic carbocycles. The quantitative estimate of drug-likeness (QED) is 0.725. The predicted octanol–water partition coefficient (Wildman–Crippen LogP) is 2.99. The molecule has 0 fully saturated rings. The topological polar surface area (TPSA) is 61.8 Å². The standard InChI is InChI=1S/C15H22F2N2O3/c1-3-4-5-6-19(7-8-20)15(21)18-13-9-12(17)14(22-2)10-11(13)16/h9-10,20H,3-8H2,1-2H3,(H,18,21). The average molecular weight is 316 g/mol. The first-order valence-corrected chi connectivity index (χ1v) is 7.23. The number of nitrogens with one attached hydrogen (secondary N) is 1. The van der Waals surface area contributed by atoms with Crippen molar-refractivity contribution in [1.29, 1.82) is 0 Å². The highest BCUT2D eigenvalue weighted by atomic mass is 19.1. The summed E-state index contributed by atoms with van der Waals surface area (Å²) >= 11 is 0. The van der Waals surface area contributed by atoms with Gasteiger partial charge in [-0.1, -0.05) is 19.8 Å². The van der Waals surface area contributed by atoms with Crippen molar-refractivity contribution in [2.24, 2.45) is 0 Å². The fraction of sp³-hybridized carbons (Fsp3) is 0.533. The van der Waals surface area contributed by atoms with E-state index < -0.39 is 17.7 Å². The Hall–Kier alpha value is -1.89. The second-order valence-electron chi connectivity index (χ2n) is 4.81. The predicted molar refractivity (Wildman–Crippen MR) is 80.1 cm³/mol. The van der Waals surface area contributed by atoms with Crippen LogP contribution in [0.5, 0.6) is 5.75 Å². The SMILES string of the molecule is CCCCCN(CCO)C(=O)Nc1cc(F)c(OC)cc1F. The van der Waals surface area contributed by atoms with Gasteiger partial charge < -0.3 is 20.1 Å². The number of amides is 2. The van der Waals surface area contributed by atoms with Gasteiger partial charge in [0, 0.05) is 25.2 Å². The molecule has 0 aliphatic heterocycles. The second-order valence-corrected chi connectivity index (χ2v) is 4.81. The van der Waals surface area contributed by atoms with Crippen LogP contribution in [0.2, 0.25) is 0 Å². The Labute approximate surface area is 128 Å². The van der Waals surface area contributed by atoms with Gasteiger partial charge >= 0.3 is 6.03 Å². The number of ether oxygens (including phenoxy) is 1. The molecule has 5 nitrogen and oxygen atoms in total. The van der Waals surface area contributed by atoms with Gasteiger partial charge in [0.2, 0.25) is 0 Å². The molecule has 0 radical (unpaired) electrons. The number of urea groups is 1. The minimum absolute atomic E-state index is 0.135. The molecule has 2 N–H and O–H groups in total. The maximum absolute atomic E-state index is 13.8. The molecule has 22 heavy (non-hydrogen) atoms. The summed E-state index contributed by atoms with van der Waals surface area (Å²) in [7, 11) is 1.23. The summed E-state index contributed by atoms with van der Waals surface area (Å²) in [5, 5.41) is 11.3. The summed E-state index contributed by atoms with van der Waals surface area (Å²) in [5.41, 5.74) is -0.262. The molecule has 7 heteroatoms. The smallest absolute Gasteiger partial charge is 0.322 e. The van der Waals surface area contributed by atoms with Crippen molar-refractivity contribution in [2.45, 2.75) is 26.2 Å². The van der Waals surface area contributed by atoms with E-state index in [1.54, 1.807) is 0 Å². The first-order chi connectivity index (χ1) is 10.5. The molecule has 0 aliphatic carbocycles. The lowest BCUT2D eigenvalue weighted by molar-refractivity contribution is 0.187. The van der Waals surface area contributed by atoms with Crippen LogP contribution in [0.25, 0.3) is 0 Å². The summed E-state index contributed by atoms with van der Waals surface area (Å²) in [4.78, 5) is 13.5. The molecule has 0 unspecified atom stereocenters. The van der Waals surface area contributed by atoms with E-state index in [0.29, 0.717) is 6.54 Å². The highest BCUT2D eigenvalue weighted by molar-refractivity contribution is 5.89. The molecular weight excluding hydrogens is 294 g/mol. The summed E-state index contributed by atoms with van der Waals surface area (Å²) < 4.78 is 32.1. The molecule has 0 saturated carbocycles. The second kappa shape index (κ2) is 9.19. The van der Waals surface area contributed by atoms with Crippen molar-refractivity contribution >= 4 is 11.7 Å². The number of aliphatic hydroxyl groups is 1. The van der Waals surface area contributed by atoms with Gasteiger partial charge in [-0.15, -0.1) is 0 Å². The van der Waals surface area contributed by atoms with Crippen LogP contribution >= 0.6 is 0 Å². The first-order valence-electron chi connectivity index (χ1n) is 7.23. The molecular formula is C15H22F2N2O3. The minimum atomic E-state index is -0.788. The molecule has 0 aromatic heterocycles. The van der Waals surface area contributed by atoms with E-state index in [0.717, 1.165) is 31.4 Å². The summed E-state index contributed by atoms with van der Waals surface area (Å²) in [6.07, 6.45) is 2.72. The third kappa shape index (κ3) is 5.14. The molecule has 0 bridgehead atoms. The number of unbranched alkanes of at least 4 members (excludes halogenated alkanes) is 2. The Balaban J connectivity index is 2.78. The van der Waals surface area contributed by atoms with E-state index in [-0.39, 0.29) is 24.6 Å². The molecule has 0 aliphatic rings. The lowest BCUT2D eigenvalue weighted by Gasteiger charge is -2.22. The summed E-state index contributed by atoms with van der Waals surface area (Å²) in [6.45, 7) is 2.42. The molecule has 0 heterocycles. The molecule has 0 spiro atoms. The van der Waals surface area contributed by atoms with Gasteiger partial charge in [-0.05, 0) is 6.42 Å². The van der Waals surface area contributed by atoms with Crippen molar-refractivity contribution in [3.8, 4) is 5.75 Å². The Morgan fingerprint density at radius 2 is 2.00 bits per heavy atom. The van der Waals surface area contributed by atoms with Crippen molar-refractivity contribution in [2.75, 3.05) is 32.1 Å². The number of carbonyl (C=O) groups excluding carboxylic acids is 1. The van der Waals surface area contributed by atoms with Crippen molar-refractivity contribution in [1.82, 2.24) is 4.90 Å². The van der Waals surface area contributed by atoms with Crippen LogP contribution in [0.3, 0.4) is 0 Å². The third-order valence-electron chi connectivity index (χ3n) is 3.17. The van der Waals surface area contributed by atoms with E-state index in [1.807, 2.05) is 6.92 Å². The number of carbonyl (C=O) groups is 1. The first kappa shape index (κ1) is 18.2. The number of methoxy groups -OCH3 is 1. The normalized spacial score (nSPS) is 10.4. The molecule has 2 amide bonds. The Morgan fingerprint density at radius 3 is 2.59 bits per heavy atom.